The summed E-state index contributed by atoms with van der Waals surface area (Å²) < 4.78 is 4.77. The van der Waals surface area contributed by atoms with Crippen LogP contribution in [0.25, 0.3) is 11.1 Å². The summed E-state index contributed by atoms with van der Waals surface area (Å²) in [5.41, 5.74) is 6.56. The van der Waals surface area contributed by atoms with Gasteiger partial charge in [-0.2, -0.15) is 0 Å². The molecule has 1 saturated heterocycles. The predicted molar refractivity (Wildman–Crippen MR) is 125 cm³/mol. The van der Waals surface area contributed by atoms with Crippen molar-refractivity contribution in [3.63, 3.8) is 0 Å². The lowest BCUT2D eigenvalue weighted by Gasteiger charge is -2.37. The Balaban J connectivity index is 1.31. The van der Waals surface area contributed by atoms with Crippen LogP contribution in [0, 0.1) is 0 Å². The highest BCUT2D eigenvalue weighted by Crippen LogP contribution is 2.29. The molecule has 0 bridgehead atoms. The van der Waals surface area contributed by atoms with Crippen LogP contribution in [-0.2, 0) is 23.5 Å². The summed E-state index contributed by atoms with van der Waals surface area (Å²) in [5.74, 6) is 0.946. The first-order valence-electron chi connectivity index (χ1n) is 10.6. The van der Waals surface area contributed by atoms with Gasteiger partial charge in [0.1, 0.15) is 6.10 Å². The number of carboxylic acid groups (broad SMARTS) is 1. The summed E-state index contributed by atoms with van der Waals surface area (Å²) >= 11 is 1.85. The number of nitrogens with zero attached hydrogens (tertiary/aromatic N) is 1. The molecule has 160 valence electrons. The zero-order valence-electron chi connectivity index (χ0n) is 17.7. The standard InChI is InChI=1S/C26H27NO3S/c1-2-21-14-20(10-13-25(21)22-6-4-3-5-7-22)18-31-24-11-8-19(9-12-24)15-27-16-23(17-27)30-26(28)29/h3-14,23H,2,15-18H2,1H3,(H,28,29). The maximum absolute atomic E-state index is 10.5. The van der Waals surface area contributed by atoms with E-state index in [0.29, 0.717) is 13.1 Å². The molecule has 0 saturated carbocycles. The van der Waals surface area contributed by atoms with Crippen molar-refractivity contribution in [2.24, 2.45) is 0 Å². The quantitative estimate of drug-likeness (QED) is 0.344. The molecule has 0 aliphatic carbocycles. The third-order valence-electron chi connectivity index (χ3n) is 5.56. The van der Waals surface area contributed by atoms with Gasteiger partial charge in [0.25, 0.3) is 0 Å². The van der Waals surface area contributed by atoms with Crippen LogP contribution < -0.4 is 0 Å². The molecule has 5 heteroatoms. The Kier molecular flexibility index (Phi) is 6.95. The minimum absolute atomic E-state index is 0.186. The average Bonchev–Trinajstić information content (AvgIpc) is 2.77. The van der Waals surface area contributed by atoms with E-state index in [4.69, 9.17) is 9.84 Å². The summed E-state index contributed by atoms with van der Waals surface area (Å²) in [4.78, 5) is 14.0. The van der Waals surface area contributed by atoms with Gasteiger partial charge in [0, 0.05) is 30.3 Å². The Morgan fingerprint density at radius 3 is 2.42 bits per heavy atom. The first kappa shape index (κ1) is 21.5. The number of hydrogen-bond donors (Lipinski definition) is 1. The van der Waals surface area contributed by atoms with Crippen LogP contribution in [0.4, 0.5) is 4.79 Å². The second-order valence-electron chi connectivity index (χ2n) is 7.84. The van der Waals surface area contributed by atoms with E-state index in [1.165, 1.54) is 32.7 Å². The van der Waals surface area contributed by atoms with E-state index in [1.54, 1.807) is 0 Å². The molecule has 0 unspecified atom stereocenters. The van der Waals surface area contributed by atoms with E-state index in [2.05, 4.69) is 84.6 Å². The molecule has 0 atom stereocenters. The molecule has 31 heavy (non-hydrogen) atoms. The third-order valence-corrected chi connectivity index (χ3v) is 6.64. The molecular weight excluding hydrogens is 406 g/mol. The van der Waals surface area contributed by atoms with Gasteiger partial charge in [-0.3, -0.25) is 4.90 Å². The highest BCUT2D eigenvalue weighted by Gasteiger charge is 2.29. The number of ether oxygens (including phenoxy) is 1. The van der Waals surface area contributed by atoms with Crippen LogP contribution in [-0.4, -0.2) is 35.4 Å². The van der Waals surface area contributed by atoms with E-state index in [0.717, 1.165) is 18.7 Å². The Morgan fingerprint density at radius 2 is 1.74 bits per heavy atom. The Bertz CT molecular complexity index is 1010. The number of benzene rings is 3. The highest BCUT2D eigenvalue weighted by atomic mass is 32.2. The maximum atomic E-state index is 10.5. The summed E-state index contributed by atoms with van der Waals surface area (Å²) in [6.07, 6.45) is -0.354. The van der Waals surface area contributed by atoms with Crippen molar-refractivity contribution in [1.82, 2.24) is 4.90 Å². The largest absolute Gasteiger partial charge is 0.506 e. The molecule has 3 aromatic rings. The smallest absolute Gasteiger partial charge is 0.450 e. The normalized spacial score (nSPS) is 14.2. The molecule has 1 aliphatic heterocycles. The van der Waals surface area contributed by atoms with Crippen LogP contribution >= 0.6 is 11.8 Å². The van der Waals surface area contributed by atoms with Crippen LogP contribution in [0.1, 0.15) is 23.6 Å². The number of likely N-dealkylation sites (tertiary alicyclic amines) is 1. The summed E-state index contributed by atoms with van der Waals surface area (Å²) in [6.45, 7) is 4.37. The fraction of sp³-hybridized carbons (Fsp3) is 0.269. The van der Waals surface area contributed by atoms with Gasteiger partial charge < -0.3 is 9.84 Å². The topological polar surface area (TPSA) is 49.8 Å². The molecule has 1 heterocycles. The molecule has 1 fully saturated rings. The molecule has 4 nitrogen and oxygen atoms in total. The minimum atomic E-state index is -1.19. The van der Waals surface area contributed by atoms with Crippen LogP contribution in [0.3, 0.4) is 0 Å². The fourth-order valence-corrected chi connectivity index (χ4v) is 4.75. The molecule has 4 rings (SSSR count). The lowest BCUT2D eigenvalue weighted by molar-refractivity contribution is -0.0363. The second kappa shape index (κ2) is 10.0. The van der Waals surface area contributed by atoms with Gasteiger partial charge >= 0.3 is 6.16 Å². The van der Waals surface area contributed by atoms with E-state index in [-0.39, 0.29) is 6.10 Å². The minimum Gasteiger partial charge on any atom is -0.450 e. The molecule has 1 aliphatic rings. The Hall–Kier alpha value is -2.76. The fourth-order valence-electron chi connectivity index (χ4n) is 3.91. The number of rotatable bonds is 8. The van der Waals surface area contributed by atoms with Crippen molar-refractivity contribution in [3.8, 4) is 11.1 Å². The van der Waals surface area contributed by atoms with Crippen LogP contribution in [0.5, 0.6) is 0 Å². The van der Waals surface area contributed by atoms with Gasteiger partial charge in [-0.25, -0.2) is 4.79 Å². The zero-order chi connectivity index (χ0) is 21.6. The van der Waals surface area contributed by atoms with Crippen molar-refractivity contribution in [1.29, 1.82) is 0 Å². The molecule has 1 N–H and O–H groups in total. The molecule has 0 radical (unpaired) electrons. The molecular formula is C26H27NO3S. The Labute approximate surface area is 187 Å². The lowest BCUT2D eigenvalue weighted by atomic mass is 9.96. The average molecular weight is 434 g/mol. The summed E-state index contributed by atoms with van der Waals surface area (Å²) in [5, 5.41) is 8.64. The van der Waals surface area contributed by atoms with E-state index in [1.807, 2.05) is 11.8 Å². The SMILES string of the molecule is CCc1cc(CSc2ccc(CN3CC(OC(=O)O)C3)cc2)ccc1-c1ccccc1. The van der Waals surface area contributed by atoms with Crippen molar-refractivity contribution < 1.29 is 14.6 Å². The van der Waals surface area contributed by atoms with Crippen molar-refractivity contribution in [2.75, 3.05) is 13.1 Å². The zero-order valence-corrected chi connectivity index (χ0v) is 18.5. The third kappa shape index (κ3) is 5.69. The van der Waals surface area contributed by atoms with Gasteiger partial charge in [-0.1, -0.05) is 67.6 Å². The highest BCUT2D eigenvalue weighted by molar-refractivity contribution is 7.98. The number of aryl methyl sites for hydroxylation is 1. The monoisotopic (exact) mass is 433 g/mol. The van der Waals surface area contributed by atoms with Crippen molar-refractivity contribution >= 4 is 17.9 Å². The van der Waals surface area contributed by atoms with Crippen molar-refractivity contribution in [3.05, 3.63) is 89.5 Å². The van der Waals surface area contributed by atoms with Gasteiger partial charge in [0.2, 0.25) is 0 Å². The predicted octanol–water partition coefficient (Wildman–Crippen LogP) is 6.09. The molecule has 0 aromatic heterocycles. The van der Waals surface area contributed by atoms with Crippen LogP contribution in [0.2, 0.25) is 0 Å². The first-order valence-corrected chi connectivity index (χ1v) is 11.6. The molecule has 3 aromatic carbocycles. The second-order valence-corrected chi connectivity index (χ2v) is 8.89. The summed E-state index contributed by atoms with van der Waals surface area (Å²) in [6, 6.07) is 26.1. The summed E-state index contributed by atoms with van der Waals surface area (Å²) in [7, 11) is 0. The lowest BCUT2D eigenvalue weighted by Crippen LogP contribution is -2.52. The van der Waals surface area contributed by atoms with Gasteiger partial charge in [0.15, 0.2) is 0 Å². The van der Waals surface area contributed by atoms with Crippen LogP contribution in [0.15, 0.2) is 77.7 Å². The van der Waals surface area contributed by atoms with Crippen molar-refractivity contribution in [2.45, 2.75) is 36.6 Å². The van der Waals surface area contributed by atoms with Gasteiger partial charge in [-0.15, -0.1) is 11.8 Å². The number of hydrogen-bond acceptors (Lipinski definition) is 4. The van der Waals surface area contributed by atoms with Gasteiger partial charge in [-0.05, 0) is 46.4 Å². The first-order chi connectivity index (χ1) is 15.1. The van der Waals surface area contributed by atoms with E-state index < -0.39 is 6.16 Å². The maximum Gasteiger partial charge on any atom is 0.506 e. The Morgan fingerprint density at radius 1 is 1.03 bits per heavy atom. The number of thioether (sulfide) groups is 1. The number of carbonyl (C=O) groups is 1. The van der Waals surface area contributed by atoms with E-state index in [9.17, 15) is 4.79 Å². The van der Waals surface area contributed by atoms with Gasteiger partial charge in [0.05, 0.1) is 0 Å². The molecule has 0 spiro atoms. The molecule has 0 amide bonds. The van der Waals surface area contributed by atoms with E-state index >= 15 is 0 Å².